The zero-order valence-electron chi connectivity index (χ0n) is 13.6. The summed E-state index contributed by atoms with van der Waals surface area (Å²) in [6, 6.07) is 3.82. The Morgan fingerprint density at radius 3 is 2.50 bits per heavy atom. The molecule has 22 heavy (non-hydrogen) atoms. The van der Waals surface area contributed by atoms with Gasteiger partial charge in [0.25, 0.3) is 5.91 Å². The van der Waals surface area contributed by atoms with Crippen molar-refractivity contribution in [3.8, 4) is 5.75 Å². The Morgan fingerprint density at radius 1 is 1.27 bits per heavy atom. The first-order chi connectivity index (χ1) is 10.5. The lowest BCUT2D eigenvalue weighted by molar-refractivity contribution is -0.124. The third kappa shape index (κ3) is 4.09. The van der Waals surface area contributed by atoms with E-state index >= 15 is 0 Å². The Labute approximate surface area is 132 Å². The van der Waals surface area contributed by atoms with Crippen LogP contribution in [0.25, 0.3) is 0 Å². The topological polar surface area (TPSA) is 55.4 Å². The van der Waals surface area contributed by atoms with Gasteiger partial charge in [0.1, 0.15) is 12.0 Å². The molecule has 1 aromatic carbocycles. The molecule has 2 rings (SSSR count). The third-order valence-corrected chi connectivity index (χ3v) is 4.42. The largest absolute Gasteiger partial charge is 0.483 e. The van der Waals surface area contributed by atoms with Crippen LogP contribution in [-0.2, 0) is 4.79 Å². The van der Waals surface area contributed by atoms with Crippen LogP contribution in [-0.4, -0.2) is 24.8 Å². The predicted molar refractivity (Wildman–Crippen MR) is 86.4 cm³/mol. The lowest BCUT2D eigenvalue weighted by atomic mass is 9.86. The van der Waals surface area contributed by atoms with Crippen LogP contribution >= 0.6 is 0 Å². The summed E-state index contributed by atoms with van der Waals surface area (Å²) in [5.41, 5.74) is 2.38. The minimum atomic E-state index is -0.0722. The van der Waals surface area contributed by atoms with Gasteiger partial charge in [0, 0.05) is 11.6 Å². The Kier molecular flexibility index (Phi) is 5.58. The Balaban J connectivity index is 1.92. The van der Waals surface area contributed by atoms with Crippen molar-refractivity contribution in [3.05, 3.63) is 28.8 Å². The monoisotopic (exact) mass is 303 g/mol. The quantitative estimate of drug-likeness (QED) is 0.850. The van der Waals surface area contributed by atoms with Gasteiger partial charge in [-0.15, -0.1) is 0 Å². The molecule has 0 saturated heterocycles. The van der Waals surface area contributed by atoms with Crippen molar-refractivity contribution in [2.75, 3.05) is 6.61 Å². The minimum absolute atomic E-state index is 0.0192. The van der Waals surface area contributed by atoms with E-state index in [2.05, 4.69) is 12.2 Å². The lowest BCUT2D eigenvalue weighted by Crippen LogP contribution is -2.43. The normalized spacial score (nSPS) is 21.2. The number of benzene rings is 1. The molecule has 0 radical (unpaired) electrons. The molecule has 1 aliphatic rings. The maximum atomic E-state index is 12.1. The Hall–Kier alpha value is -1.84. The van der Waals surface area contributed by atoms with E-state index in [-0.39, 0.29) is 18.6 Å². The average Bonchev–Trinajstić information content (AvgIpc) is 2.48. The summed E-state index contributed by atoms with van der Waals surface area (Å²) in [6.07, 6.45) is 5.49. The van der Waals surface area contributed by atoms with Crippen molar-refractivity contribution in [2.45, 2.75) is 52.5 Å². The van der Waals surface area contributed by atoms with Gasteiger partial charge in [-0.2, -0.15) is 0 Å². The van der Waals surface area contributed by atoms with Crippen LogP contribution in [0.15, 0.2) is 12.1 Å². The van der Waals surface area contributed by atoms with Gasteiger partial charge in [0.15, 0.2) is 6.61 Å². The first kappa shape index (κ1) is 16.5. The van der Waals surface area contributed by atoms with Gasteiger partial charge in [-0.1, -0.05) is 19.8 Å². The number of carbonyl (C=O) groups is 2. The zero-order chi connectivity index (χ0) is 16.1. The molecule has 0 aliphatic heterocycles. The number of ether oxygens (including phenoxy) is 1. The highest BCUT2D eigenvalue weighted by atomic mass is 16.5. The minimum Gasteiger partial charge on any atom is -0.483 e. The van der Waals surface area contributed by atoms with Crippen molar-refractivity contribution in [3.63, 3.8) is 0 Å². The summed E-state index contributed by atoms with van der Waals surface area (Å²) in [6.45, 7) is 5.98. The fraction of sp³-hybridized carbons (Fsp3) is 0.556. The lowest BCUT2D eigenvalue weighted by Gasteiger charge is -2.29. The number of hydrogen-bond donors (Lipinski definition) is 1. The molecular formula is C18H25NO3. The van der Waals surface area contributed by atoms with Gasteiger partial charge in [-0.3, -0.25) is 9.59 Å². The van der Waals surface area contributed by atoms with Crippen molar-refractivity contribution < 1.29 is 14.3 Å². The van der Waals surface area contributed by atoms with E-state index in [0.29, 0.717) is 17.2 Å². The van der Waals surface area contributed by atoms with E-state index in [1.54, 1.807) is 12.1 Å². The van der Waals surface area contributed by atoms with Gasteiger partial charge in [-0.05, 0) is 55.9 Å². The molecule has 0 aromatic heterocycles. The van der Waals surface area contributed by atoms with Gasteiger partial charge < -0.3 is 10.1 Å². The first-order valence-electron chi connectivity index (χ1n) is 8.00. The second-order valence-electron chi connectivity index (χ2n) is 6.33. The van der Waals surface area contributed by atoms with Crippen LogP contribution in [0.2, 0.25) is 0 Å². The SMILES string of the molecule is Cc1cc(C=O)cc(C)c1OCC(=O)N[C@H]1CCCC[C@H]1C. The number of aldehydes is 1. The summed E-state index contributed by atoms with van der Waals surface area (Å²) < 4.78 is 5.68. The van der Waals surface area contributed by atoms with Gasteiger partial charge in [-0.25, -0.2) is 0 Å². The standard InChI is InChI=1S/C18H25NO3/c1-12-6-4-5-7-16(12)19-17(21)11-22-18-13(2)8-15(10-20)9-14(18)3/h8-10,12,16H,4-7,11H2,1-3H3,(H,19,21)/t12-,16+/m1/s1. The number of nitrogens with one attached hydrogen (secondary N) is 1. The average molecular weight is 303 g/mol. The Morgan fingerprint density at radius 2 is 1.91 bits per heavy atom. The molecule has 0 heterocycles. The third-order valence-electron chi connectivity index (χ3n) is 4.42. The number of amides is 1. The van der Waals surface area contributed by atoms with E-state index in [0.717, 1.165) is 23.8 Å². The van der Waals surface area contributed by atoms with Crippen molar-refractivity contribution >= 4 is 12.2 Å². The van der Waals surface area contributed by atoms with E-state index < -0.39 is 0 Å². The molecule has 0 spiro atoms. The zero-order valence-corrected chi connectivity index (χ0v) is 13.6. The summed E-state index contributed by atoms with van der Waals surface area (Å²) in [4.78, 5) is 22.9. The molecule has 1 aliphatic carbocycles. The fourth-order valence-corrected chi connectivity index (χ4v) is 3.20. The molecule has 4 nitrogen and oxygen atoms in total. The van der Waals surface area contributed by atoms with E-state index in [1.165, 1.54) is 19.3 Å². The maximum absolute atomic E-state index is 12.1. The molecular weight excluding hydrogens is 278 g/mol. The van der Waals surface area contributed by atoms with Crippen LogP contribution in [0, 0.1) is 19.8 Å². The predicted octanol–water partition coefficient (Wildman–Crippen LogP) is 3.19. The van der Waals surface area contributed by atoms with Crippen LogP contribution in [0.5, 0.6) is 5.75 Å². The van der Waals surface area contributed by atoms with Crippen molar-refractivity contribution in [1.82, 2.24) is 5.32 Å². The number of carbonyl (C=O) groups excluding carboxylic acids is 2. The Bertz CT molecular complexity index is 530. The van der Waals surface area contributed by atoms with Crippen molar-refractivity contribution in [2.24, 2.45) is 5.92 Å². The number of rotatable bonds is 5. The molecule has 4 heteroatoms. The first-order valence-corrected chi connectivity index (χ1v) is 8.00. The molecule has 120 valence electrons. The molecule has 1 saturated carbocycles. The molecule has 1 fully saturated rings. The molecule has 2 atom stereocenters. The molecule has 0 unspecified atom stereocenters. The molecule has 1 aromatic rings. The van der Waals surface area contributed by atoms with E-state index in [9.17, 15) is 9.59 Å². The van der Waals surface area contributed by atoms with Crippen LogP contribution in [0.4, 0.5) is 0 Å². The maximum Gasteiger partial charge on any atom is 0.258 e. The van der Waals surface area contributed by atoms with E-state index in [1.807, 2.05) is 13.8 Å². The van der Waals surface area contributed by atoms with Gasteiger partial charge in [0.05, 0.1) is 0 Å². The van der Waals surface area contributed by atoms with Crippen LogP contribution < -0.4 is 10.1 Å². The number of aryl methyl sites for hydroxylation is 2. The smallest absolute Gasteiger partial charge is 0.258 e. The fourth-order valence-electron chi connectivity index (χ4n) is 3.20. The summed E-state index contributed by atoms with van der Waals surface area (Å²) >= 11 is 0. The highest BCUT2D eigenvalue weighted by Gasteiger charge is 2.23. The molecule has 0 bridgehead atoms. The summed E-state index contributed by atoms with van der Waals surface area (Å²) in [5.74, 6) is 1.16. The van der Waals surface area contributed by atoms with Crippen LogP contribution in [0.3, 0.4) is 0 Å². The second-order valence-corrected chi connectivity index (χ2v) is 6.33. The number of hydrogen-bond acceptors (Lipinski definition) is 3. The second kappa shape index (κ2) is 7.43. The molecule has 1 amide bonds. The van der Waals surface area contributed by atoms with E-state index in [4.69, 9.17) is 4.74 Å². The highest BCUT2D eigenvalue weighted by molar-refractivity contribution is 5.78. The van der Waals surface area contributed by atoms with Gasteiger partial charge >= 0.3 is 0 Å². The summed E-state index contributed by atoms with van der Waals surface area (Å²) in [7, 11) is 0. The van der Waals surface area contributed by atoms with Crippen molar-refractivity contribution in [1.29, 1.82) is 0 Å². The summed E-state index contributed by atoms with van der Waals surface area (Å²) in [5, 5.41) is 3.08. The van der Waals surface area contributed by atoms with Crippen LogP contribution in [0.1, 0.15) is 54.1 Å². The van der Waals surface area contributed by atoms with Gasteiger partial charge in [0.2, 0.25) is 0 Å². The highest BCUT2D eigenvalue weighted by Crippen LogP contribution is 2.25. The molecule has 1 N–H and O–H groups in total.